The van der Waals surface area contributed by atoms with Gasteiger partial charge in [-0.1, -0.05) is 41.6 Å². The largest absolute Gasteiger partial charge is 0.377 e. The zero-order chi connectivity index (χ0) is 22.8. The van der Waals surface area contributed by atoms with E-state index in [1.165, 1.54) is 22.2 Å². The van der Waals surface area contributed by atoms with Gasteiger partial charge in [0.25, 0.3) is 0 Å². The Kier molecular flexibility index (Phi) is 5.83. The van der Waals surface area contributed by atoms with Gasteiger partial charge in [0.05, 0.1) is 31.0 Å². The van der Waals surface area contributed by atoms with E-state index >= 15 is 0 Å². The number of H-pyrrole nitrogens is 1. The Morgan fingerprint density at radius 2 is 1.76 bits per heavy atom. The second kappa shape index (κ2) is 9.25. The average molecular weight is 458 g/mol. The number of para-hydroxylation sites is 2. The van der Waals surface area contributed by atoms with E-state index in [0.29, 0.717) is 13.2 Å². The summed E-state index contributed by atoms with van der Waals surface area (Å²) in [6.07, 6.45) is 2.90. The van der Waals surface area contributed by atoms with Crippen molar-refractivity contribution in [2.24, 2.45) is 0 Å². The minimum absolute atomic E-state index is 0.0895. The summed E-state index contributed by atoms with van der Waals surface area (Å²) in [6.45, 7) is 7.10. The molecule has 34 heavy (non-hydrogen) atoms. The molecule has 2 aromatic carbocycles. The Bertz CT molecular complexity index is 1220. The number of piperazine rings is 1. The van der Waals surface area contributed by atoms with E-state index in [-0.39, 0.29) is 5.54 Å². The molecule has 176 valence electrons. The number of rotatable bonds is 8. The molecule has 7 nitrogen and oxygen atoms in total. The second-order valence-corrected chi connectivity index (χ2v) is 9.55. The van der Waals surface area contributed by atoms with Crippen LogP contribution in [0.1, 0.15) is 17.0 Å². The van der Waals surface area contributed by atoms with Crippen LogP contribution in [-0.4, -0.2) is 60.0 Å². The topological polar surface area (TPSA) is 69.6 Å². The Morgan fingerprint density at radius 3 is 2.56 bits per heavy atom. The van der Waals surface area contributed by atoms with Gasteiger partial charge in [-0.2, -0.15) is 0 Å². The molecule has 2 aliphatic rings. The maximum Gasteiger partial charge on any atom is 0.150 e. The van der Waals surface area contributed by atoms with Crippen molar-refractivity contribution in [2.75, 3.05) is 44.3 Å². The molecule has 7 heteroatoms. The van der Waals surface area contributed by atoms with Crippen molar-refractivity contribution in [2.45, 2.75) is 25.0 Å². The first-order valence-corrected chi connectivity index (χ1v) is 12.1. The Balaban J connectivity index is 1.03. The van der Waals surface area contributed by atoms with Crippen LogP contribution in [0.3, 0.4) is 0 Å². The molecule has 2 N–H and O–H groups in total. The van der Waals surface area contributed by atoms with Crippen molar-refractivity contribution in [1.82, 2.24) is 20.4 Å². The molecule has 0 unspecified atom stereocenters. The van der Waals surface area contributed by atoms with Gasteiger partial charge in [-0.25, -0.2) is 0 Å². The van der Waals surface area contributed by atoms with E-state index in [1.54, 1.807) is 0 Å². The standard InChI is InChI=1S/C27H31N5O2/c1-2-6-23(7-3-1)32-12-10-31(11-13-32)18-24-14-22(30-34-24)15-27(19-33-20-27)29-17-21-16-28-26-9-5-4-8-25(21)26/h1-9,14,16,28-29H,10-13,15,17-20H2. The number of nitrogens with one attached hydrogen (secondary N) is 2. The van der Waals surface area contributed by atoms with Crippen LogP contribution >= 0.6 is 0 Å². The summed E-state index contributed by atoms with van der Waals surface area (Å²) in [7, 11) is 0. The third kappa shape index (κ3) is 4.46. The lowest BCUT2D eigenvalue weighted by Crippen LogP contribution is -2.61. The second-order valence-electron chi connectivity index (χ2n) is 9.55. The zero-order valence-electron chi connectivity index (χ0n) is 19.4. The van der Waals surface area contributed by atoms with Gasteiger partial charge in [0.15, 0.2) is 5.76 Å². The number of aromatic amines is 1. The summed E-state index contributed by atoms with van der Waals surface area (Å²) >= 11 is 0. The molecule has 0 radical (unpaired) electrons. The summed E-state index contributed by atoms with van der Waals surface area (Å²) in [4.78, 5) is 8.25. The minimum atomic E-state index is -0.0895. The Morgan fingerprint density at radius 1 is 0.971 bits per heavy atom. The molecule has 2 aromatic heterocycles. The van der Waals surface area contributed by atoms with Gasteiger partial charge in [0.1, 0.15) is 0 Å². The fourth-order valence-electron chi connectivity index (χ4n) is 5.06. The van der Waals surface area contributed by atoms with Gasteiger partial charge in [0.2, 0.25) is 0 Å². The summed E-state index contributed by atoms with van der Waals surface area (Å²) in [5.74, 6) is 0.940. The molecule has 2 saturated heterocycles. The van der Waals surface area contributed by atoms with Crippen LogP contribution in [0.15, 0.2) is 71.4 Å². The van der Waals surface area contributed by atoms with E-state index in [0.717, 1.165) is 57.1 Å². The van der Waals surface area contributed by atoms with E-state index in [1.807, 2.05) is 0 Å². The third-order valence-electron chi connectivity index (χ3n) is 7.09. The predicted molar refractivity (Wildman–Crippen MR) is 133 cm³/mol. The molecule has 2 aliphatic heterocycles. The number of nitrogens with zero attached hydrogens (tertiary/aromatic N) is 3. The molecule has 0 saturated carbocycles. The lowest BCUT2D eigenvalue weighted by atomic mass is 9.90. The molecular formula is C27H31N5O2. The summed E-state index contributed by atoms with van der Waals surface area (Å²) < 4.78 is 11.3. The van der Waals surface area contributed by atoms with Gasteiger partial charge in [0, 0.05) is 68.0 Å². The van der Waals surface area contributed by atoms with Crippen LogP contribution in [-0.2, 0) is 24.2 Å². The first-order chi connectivity index (χ1) is 16.8. The first-order valence-electron chi connectivity index (χ1n) is 12.1. The highest BCUT2D eigenvalue weighted by atomic mass is 16.5. The highest BCUT2D eigenvalue weighted by molar-refractivity contribution is 5.82. The average Bonchev–Trinajstić information content (AvgIpc) is 3.48. The smallest absolute Gasteiger partial charge is 0.150 e. The van der Waals surface area contributed by atoms with Crippen LogP contribution in [0.25, 0.3) is 10.9 Å². The SMILES string of the molecule is c1ccc(N2CCN(Cc3cc(CC4(NCc5c[nH]c6ccccc56)COC4)no3)CC2)cc1. The monoisotopic (exact) mass is 457 g/mol. The fourth-order valence-corrected chi connectivity index (χ4v) is 5.06. The van der Waals surface area contributed by atoms with Crippen molar-refractivity contribution >= 4 is 16.6 Å². The van der Waals surface area contributed by atoms with E-state index in [2.05, 4.69) is 92.1 Å². The maximum atomic E-state index is 5.72. The third-order valence-corrected chi connectivity index (χ3v) is 7.09. The van der Waals surface area contributed by atoms with Crippen LogP contribution in [0, 0.1) is 0 Å². The number of ether oxygens (including phenoxy) is 1. The maximum absolute atomic E-state index is 5.72. The van der Waals surface area contributed by atoms with E-state index in [4.69, 9.17) is 9.26 Å². The number of hydrogen-bond acceptors (Lipinski definition) is 6. The molecule has 0 amide bonds. The number of benzene rings is 2. The van der Waals surface area contributed by atoms with E-state index in [9.17, 15) is 0 Å². The predicted octanol–water partition coefficient (Wildman–Crippen LogP) is 3.58. The molecule has 6 rings (SSSR count). The van der Waals surface area contributed by atoms with Gasteiger partial charge in [-0.3, -0.25) is 4.90 Å². The normalized spacial score (nSPS) is 18.3. The summed E-state index contributed by atoms with van der Waals surface area (Å²) in [5.41, 5.74) is 4.65. The highest BCUT2D eigenvalue weighted by Crippen LogP contribution is 2.25. The number of fused-ring (bicyclic) bond motifs is 1. The Labute approximate surface area is 199 Å². The minimum Gasteiger partial charge on any atom is -0.377 e. The molecule has 2 fully saturated rings. The van der Waals surface area contributed by atoms with Crippen molar-refractivity contribution < 1.29 is 9.26 Å². The van der Waals surface area contributed by atoms with Crippen molar-refractivity contribution in [3.63, 3.8) is 0 Å². The van der Waals surface area contributed by atoms with Gasteiger partial charge < -0.3 is 24.5 Å². The molecule has 4 aromatic rings. The molecule has 4 heterocycles. The number of hydrogen-bond donors (Lipinski definition) is 2. The summed E-state index contributed by atoms with van der Waals surface area (Å²) in [5, 5.41) is 9.40. The van der Waals surface area contributed by atoms with Crippen LogP contribution in [0.5, 0.6) is 0 Å². The quantitative estimate of drug-likeness (QED) is 0.422. The molecule has 0 atom stereocenters. The van der Waals surface area contributed by atoms with Crippen LogP contribution in [0.4, 0.5) is 5.69 Å². The van der Waals surface area contributed by atoms with Crippen molar-refractivity contribution in [1.29, 1.82) is 0 Å². The number of aromatic nitrogens is 2. The van der Waals surface area contributed by atoms with Gasteiger partial charge in [-0.05, 0) is 23.8 Å². The highest BCUT2D eigenvalue weighted by Gasteiger charge is 2.39. The lowest BCUT2D eigenvalue weighted by molar-refractivity contribution is -0.0755. The Hall–Kier alpha value is -3.13. The molecule has 0 aliphatic carbocycles. The fraction of sp³-hybridized carbons (Fsp3) is 0.370. The van der Waals surface area contributed by atoms with E-state index < -0.39 is 0 Å². The molecule has 0 spiro atoms. The van der Waals surface area contributed by atoms with Crippen molar-refractivity contribution in [3.05, 3.63) is 83.9 Å². The van der Waals surface area contributed by atoms with Crippen LogP contribution in [0.2, 0.25) is 0 Å². The molecule has 0 bridgehead atoms. The number of anilines is 1. The summed E-state index contributed by atoms with van der Waals surface area (Å²) in [6, 6.07) is 21.2. The lowest BCUT2D eigenvalue weighted by Gasteiger charge is -2.42. The van der Waals surface area contributed by atoms with Crippen LogP contribution < -0.4 is 10.2 Å². The zero-order valence-corrected chi connectivity index (χ0v) is 19.4. The van der Waals surface area contributed by atoms with Gasteiger partial charge in [-0.15, -0.1) is 0 Å². The van der Waals surface area contributed by atoms with Crippen molar-refractivity contribution in [3.8, 4) is 0 Å². The van der Waals surface area contributed by atoms with Gasteiger partial charge >= 0.3 is 0 Å². The first kappa shape index (κ1) is 21.4. The molecular weight excluding hydrogens is 426 g/mol.